The fourth-order valence-corrected chi connectivity index (χ4v) is 0. The standard InChI is InChI=1S/Ca.H2O.O.Zn/h;1H2;;/q+2;;-2;+2/p-1. The molecule has 4 heteroatoms. The van der Waals surface area contributed by atoms with Crippen molar-refractivity contribution in [3.05, 3.63) is 0 Å². The van der Waals surface area contributed by atoms with Crippen molar-refractivity contribution >= 4 is 37.7 Å². The van der Waals surface area contributed by atoms with E-state index in [1.165, 1.54) is 0 Å². The molecule has 0 saturated carbocycles. The molecular formula is HCaO2Zn+. The zero-order valence-electron chi connectivity index (χ0n) is 2.27. The molecule has 0 aliphatic heterocycles. The first-order valence-electron chi connectivity index (χ1n) is 0. The van der Waals surface area contributed by atoms with E-state index in [2.05, 4.69) is 0 Å². The molecule has 0 spiro atoms. The SMILES string of the molecule is [Ca+2].[O-2].[OH-].[Zn+2]. The van der Waals surface area contributed by atoms with Gasteiger partial charge in [0, 0.05) is 0 Å². The summed E-state index contributed by atoms with van der Waals surface area (Å²) in [5.74, 6) is 0. The molecular weight excluding hydrogens is 137 g/mol. The van der Waals surface area contributed by atoms with Gasteiger partial charge in [-0.3, -0.25) is 0 Å². The molecule has 4 heavy (non-hydrogen) atoms. The first kappa shape index (κ1) is 41.2. The number of hydrogen-bond donors (Lipinski definition) is 0. The summed E-state index contributed by atoms with van der Waals surface area (Å²) < 4.78 is 0. The molecule has 0 radical (unpaired) electrons. The van der Waals surface area contributed by atoms with E-state index in [-0.39, 0.29) is 68.2 Å². The monoisotopic (exact) mass is 137 g/mol. The Morgan fingerprint density at radius 2 is 1.00 bits per heavy atom. The molecule has 0 bridgehead atoms. The van der Waals surface area contributed by atoms with Gasteiger partial charge in [0.25, 0.3) is 0 Å². The van der Waals surface area contributed by atoms with Crippen molar-refractivity contribution < 1.29 is 30.4 Å². The molecule has 0 amide bonds. The minimum Gasteiger partial charge on any atom is -2.00 e. The average Bonchev–Trinajstić information content (AvgIpc) is 0. The Morgan fingerprint density at radius 3 is 1.00 bits per heavy atom. The maximum atomic E-state index is 0. The van der Waals surface area contributed by atoms with Gasteiger partial charge in [0.2, 0.25) is 0 Å². The van der Waals surface area contributed by atoms with E-state index in [9.17, 15) is 0 Å². The second-order valence-corrected chi connectivity index (χ2v) is 0. The molecule has 0 atom stereocenters. The summed E-state index contributed by atoms with van der Waals surface area (Å²) in [5, 5.41) is 0. The Hall–Kier alpha value is 1.80. The summed E-state index contributed by atoms with van der Waals surface area (Å²) in [7, 11) is 0. The molecule has 0 saturated heterocycles. The Bertz CT molecular complexity index is 6.00. The second kappa shape index (κ2) is 21.4. The normalized spacial score (nSPS) is 0. The van der Waals surface area contributed by atoms with Crippen LogP contribution in [0.1, 0.15) is 0 Å². The molecule has 0 aliphatic carbocycles. The second-order valence-electron chi connectivity index (χ2n) is 0. The average molecular weight is 138 g/mol. The van der Waals surface area contributed by atoms with Crippen LogP contribution in [0.15, 0.2) is 0 Å². The van der Waals surface area contributed by atoms with Gasteiger partial charge in [0.15, 0.2) is 0 Å². The van der Waals surface area contributed by atoms with Crippen LogP contribution in [0.3, 0.4) is 0 Å². The number of rotatable bonds is 0. The Labute approximate surface area is 67.3 Å². The van der Waals surface area contributed by atoms with Crippen molar-refractivity contribution in [3.63, 3.8) is 0 Å². The summed E-state index contributed by atoms with van der Waals surface area (Å²) in [6.07, 6.45) is 0. The van der Waals surface area contributed by atoms with Crippen molar-refractivity contribution in [1.82, 2.24) is 0 Å². The van der Waals surface area contributed by atoms with Crippen LogP contribution >= 0.6 is 0 Å². The predicted molar refractivity (Wildman–Crippen MR) is 8.38 cm³/mol. The van der Waals surface area contributed by atoms with Crippen LogP contribution in [-0.2, 0) is 25.0 Å². The molecule has 0 aromatic heterocycles. The van der Waals surface area contributed by atoms with Gasteiger partial charge in [0.1, 0.15) is 0 Å². The van der Waals surface area contributed by atoms with Crippen LogP contribution in [0, 0.1) is 0 Å². The van der Waals surface area contributed by atoms with Gasteiger partial charge in [-0.2, -0.15) is 0 Å². The number of hydrogen-bond acceptors (Lipinski definition) is 1. The maximum absolute atomic E-state index is 0. The zero-order valence-corrected chi connectivity index (χ0v) is 7.45. The van der Waals surface area contributed by atoms with Crippen molar-refractivity contribution in [2.24, 2.45) is 0 Å². The molecule has 1 N–H and O–H groups in total. The largest absolute Gasteiger partial charge is 2.00 e. The molecule has 16 valence electrons. The molecule has 0 fully saturated rings. The van der Waals surface area contributed by atoms with Crippen molar-refractivity contribution in [2.45, 2.75) is 0 Å². The van der Waals surface area contributed by atoms with E-state index in [1.807, 2.05) is 0 Å². The summed E-state index contributed by atoms with van der Waals surface area (Å²) in [5.41, 5.74) is 0. The topological polar surface area (TPSA) is 58.5 Å². The summed E-state index contributed by atoms with van der Waals surface area (Å²) in [6.45, 7) is 0. The first-order chi connectivity index (χ1) is 0. The molecule has 0 rings (SSSR count). The van der Waals surface area contributed by atoms with E-state index in [4.69, 9.17) is 0 Å². The van der Waals surface area contributed by atoms with E-state index in [0.29, 0.717) is 0 Å². The molecule has 0 heterocycles. The van der Waals surface area contributed by atoms with Crippen LogP contribution in [-0.4, -0.2) is 43.2 Å². The van der Waals surface area contributed by atoms with Gasteiger partial charge in [-0.15, -0.1) is 0 Å². The third kappa shape index (κ3) is 9.19. The zero-order chi connectivity index (χ0) is 0. The Balaban J connectivity index is 0. The molecule has 0 unspecified atom stereocenters. The fourth-order valence-electron chi connectivity index (χ4n) is 0. The van der Waals surface area contributed by atoms with Crippen LogP contribution in [0.4, 0.5) is 0 Å². The van der Waals surface area contributed by atoms with Gasteiger partial charge in [-0.05, 0) is 0 Å². The van der Waals surface area contributed by atoms with Crippen LogP contribution in [0.25, 0.3) is 0 Å². The van der Waals surface area contributed by atoms with E-state index in [1.54, 1.807) is 0 Å². The van der Waals surface area contributed by atoms with E-state index < -0.39 is 0 Å². The minimum atomic E-state index is 0. The minimum absolute atomic E-state index is 0. The van der Waals surface area contributed by atoms with E-state index >= 15 is 0 Å². The third-order valence-corrected chi connectivity index (χ3v) is 0. The van der Waals surface area contributed by atoms with Crippen LogP contribution in [0.5, 0.6) is 0 Å². The smallest absolute Gasteiger partial charge is 2.00 e. The van der Waals surface area contributed by atoms with Crippen molar-refractivity contribution in [3.8, 4) is 0 Å². The summed E-state index contributed by atoms with van der Waals surface area (Å²) >= 11 is 0. The predicted octanol–water partition coefficient (Wildman–Crippen LogP) is -0.679. The quantitative estimate of drug-likeness (QED) is 0.409. The van der Waals surface area contributed by atoms with Gasteiger partial charge in [0.05, 0.1) is 0 Å². The maximum Gasteiger partial charge on any atom is 2.00 e. The third-order valence-electron chi connectivity index (χ3n) is 0. The van der Waals surface area contributed by atoms with Crippen molar-refractivity contribution in [1.29, 1.82) is 0 Å². The molecule has 0 aromatic carbocycles. The van der Waals surface area contributed by atoms with Gasteiger partial charge in [-0.25, -0.2) is 0 Å². The van der Waals surface area contributed by atoms with Crippen LogP contribution < -0.4 is 0 Å². The Morgan fingerprint density at radius 1 is 1.00 bits per heavy atom. The molecule has 2 nitrogen and oxygen atoms in total. The van der Waals surface area contributed by atoms with Crippen molar-refractivity contribution in [2.75, 3.05) is 0 Å². The summed E-state index contributed by atoms with van der Waals surface area (Å²) in [4.78, 5) is 0. The van der Waals surface area contributed by atoms with Gasteiger partial charge in [-0.1, -0.05) is 0 Å². The van der Waals surface area contributed by atoms with Gasteiger partial charge < -0.3 is 11.0 Å². The Kier molecular flexibility index (Phi) is 220. The summed E-state index contributed by atoms with van der Waals surface area (Å²) in [6, 6.07) is 0. The first-order valence-corrected chi connectivity index (χ1v) is 0. The molecule has 0 aromatic rings. The van der Waals surface area contributed by atoms with E-state index in [0.717, 1.165) is 0 Å². The van der Waals surface area contributed by atoms with Crippen LogP contribution in [0.2, 0.25) is 0 Å². The molecule has 0 aliphatic rings. The van der Waals surface area contributed by atoms with Gasteiger partial charge >= 0.3 is 57.2 Å². The fraction of sp³-hybridized carbons (Fsp3) is 0.